The van der Waals surface area contributed by atoms with Gasteiger partial charge in [0.1, 0.15) is 13.2 Å². The number of benzene rings is 2. The highest BCUT2D eigenvalue weighted by Crippen LogP contribution is 2.43. The van der Waals surface area contributed by atoms with E-state index in [-0.39, 0.29) is 6.79 Å². The van der Waals surface area contributed by atoms with E-state index in [1.54, 1.807) is 0 Å². The van der Waals surface area contributed by atoms with Gasteiger partial charge in [-0.3, -0.25) is 0 Å². The van der Waals surface area contributed by atoms with E-state index in [4.69, 9.17) is 18.9 Å². The summed E-state index contributed by atoms with van der Waals surface area (Å²) >= 11 is 0. The van der Waals surface area contributed by atoms with Crippen molar-refractivity contribution in [1.29, 1.82) is 0 Å². The summed E-state index contributed by atoms with van der Waals surface area (Å²) in [5.74, 6) is 3.14. The first-order valence-electron chi connectivity index (χ1n) is 6.20. The average molecular weight is 256 g/mol. The minimum atomic E-state index is 0.283. The van der Waals surface area contributed by atoms with Crippen LogP contribution in [0.1, 0.15) is 0 Å². The van der Waals surface area contributed by atoms with E-state index >= 15 is 0 Å². The molecule has 4 nitrogen and oxygen atoms in total. The van der Waals surface area contributed by atoms with Gasteiger partial charge in [0.05, 0.1) is 0 Å². The molecule has 2 heterocycles. The van der Waals surface area contributed by atoms with Crippen LogP contribution in [0, 0.1) is 0 Å². The fourth-order valence-electron chi connectivity index (χ4n) is 2.37. The van der Waals surface area contributed by atoms with Gasteiger partial charge in [0.25, 0.3) is 0 Å². The van der Waals surface area contributed by atoms with Crippen LogP contribution in [-0.4, -0.2) is 20.0 Å². The SMILES string of the molecule is c1cc2c(c(-c3ccc4c(c3)OCO4)c1)OCCO2. The molecule has 0 saturated heterocycles. The van der Waals surface area contributed by atoms with Crippen LogP contribution in [0.25, 0.3) is 11.1 Å². The molecule has 0 saturated carbocycles. The lowest BCUT2D eigenvalue weighted by molar-refractivity contribution is 0.172. The monoisotopic (exact) mass is 256 g/mol. The molecular formula is C15H12O4. The smallest absolute Gasteiger partial charge is 0.231 e. The van der Waals surface area contributed by atoms with Crippen molar-refractivity contribution in [1.82, 2.24) is 0 Å². The maximum atomic E-state index is 5.73. The van der Waals surface area contributed by atoms with Crippen LogP contribution < -0.4 is 18.9 Å². The second-order valence-electron chi connectivity index (χ2n) is 4.40. The predicted octanol–water partition coefficient (Wildman–Crippen LogP) is 2.85. The molecule has 2 aliphatic rings. The fraction of sp³-hybridized carbons (Fsp3) is 0.200. The molecule has 2 aromatic carbocycles. The molecule has 0 aliphatic carbocycles. The minimum absolute atomic E-state index is 0.283. The lowest BCUT2D eigenvalue weighted by Crippen LogP contribution is -2.15. The Bertz CT molecular complexity index is 636. The molecule has 0 radical (unpaired) electrons. The number of hydrogen-bond donors (Lipinski definition) is 0. The average Bonchev–Trinajstić information content (AvgIpc) is 2.94. The van der Waals surface area contributed by atoms with Crippen molar-refractivity contribution < 1.29 is 18.9 Å². The van der Waals surface area contributed by atoms with Gasteiger partial charge in [-0.15, -0.1) is 0 Å². The van der Waals surface area contributed by atoms with Gasteiger partial charge in [-0.1, -0.05) is 18.2 Å². The van der Waals surface area contributed by atoms with Crippen molar-refractivity contribution in [2.75, 3.05) is 20.0 Å². The van der Waals surface area contributed by atoms with Crippen LogP contribution in [-0.2, 0) is 0 Å². The second kappa shape index (κ2) is 4.09. The van der Waals surface area contributed by atoms with Gasteiger partial charge >= 0.3 is 0 Å². The van der Waals surface area contributed by atoms with Crippen LogP contribution in [0.4, 0.5) is 0 Å². The Balaban J connectivity index is 1.84. The van der Waals surface area contributed by atoms with Gasteiger partial charge in [0, 0.05) is 5.56 Å². The van der Waals surface area contributed by atoms with E-state index in [2.05, 4.69) is 0 Å². The van der Waals surface area contributed by atoms with Crippen molar-refractivity contribution >= 4 is 0 Å². The number of ether oxygens (including phenoxy) is 4. The Morgan fingerprint density at radius 2 is 1.63 bits per heavy atom. The van der Waals surface area contributed by atoms with E-state index in [1.807, 2.05) is 36.4 Å². The number of hydrogen-bond acceptors (Lipinski definition) is 4. The van der Waals surface area contributed by atoms with E-state index in [0.717, 1.165) is 34.1 Å². The Morgan fingerprint density at radius 1 is 0.737 bits per heavy atom. The molecule has 0 aromatic heterocycles. The molecule has 0 fully saturated rings. The molecule has 0 spiro atoms. The zero-order valence-electron chi connectivity index (χ0n) is 10.2. The summed E-state index contributed by atoms with van der Waals surface area (Å²) in [6, 6.07) is 11.8. The molecular weight excluding hydrogens is 244 g/mol. The standard InChI is InChI=1S/C15H12O4/c1-2-11(15-13(3-1)16-6-7-17-15)10-4-5-12-14(8-10)19-9-18-12/h1-5,8H,6-7,9H2. The molecule has 0 atom stereocenters. The molecule has 0 unspecified atom stereocenters. The third kappa shape index (κ3) is 1.68. The van der Waals surface area contributed by atoms with Crippen LogP contribution >= 0.6 is 0 Å². The molecule has 0 amide bonds. The van der Waals surface area contributed by atoms with Crippen molar-refractivity contribution in [3.63, 3.8) is 0 Å². The normalized spacial score (nSPS) is 15.4. The van der Waals surface area contributed by atoms with Crippen molar-refractivity contribution in [3.8, 4) is 34.1 Å². The maximum absolute atomic E-state index is 5.73. The predicted molar refractivity (Wildman–Crippen MR) is 69.0 cm³/mol. The first-order valence-corrected chi connectivity index (χ1v) is 6.20. The van der Waals surface area contributed by atoms with Crippen LogP contribution in [0.2, 0.25) is 0 Å². The maximum Gasteiger partial charge on any atom is 0.231 e. The van der Waals surface area contributed by atoms with Gasteiger partial charge in [0.2, 0.25) is 6.79 Å². The quantitative estimate of drug-likeness (QED) is 0.786. The summed E-state index contributed by atoms with van der Waals surface area (Å²) in [5.41, 5.74) is 2.04. The van der Waals surface area contributed by atoms with Crippen LogP contribution in [0.15, 0.2) is 36.4 Å². The number of rotatable bonds is 1. The number of fused-ring (bicyclic) bond motifs is 2. The Labute approximate surface area is 110 Å². The Morgan fingerprint density at radius 3 is 2.63 bits per heavy atom. The first-order chi connectivity index (χ1) is 9.42. The molecule has 4 rings (SSSR count). The van der Waals surface area contributed by atoms with Crippen molar-refractivity contribution in [2.24, 2.45) is 0 Å². The zero-order chi connectivity index (χ0) is 12.7. The molecule has 0 bridgehead atoms. The Kier molecular flexibility index (Phi) is 2.27. The molecule has 2 aliphatic heterocycles. The number of para-hydroxylation sites is 1. The molecule has 2 aromatic rings. The summed E-state index contributed by atoms with van der Waals surface area (Å²) < 4.78 is 22.1. The van der Waals surface area contributed by atoms with Crippen molar-refractivity contribution in [3.05, 3.63) is 36.4 Å². The Hall–Kier alpha value is -2.36. The molecule has 4 heteroatoms. The zero-order valence-corrected chi connectivity index (χ0v) is 10.2. The van der Waals surface area contributed by atoms with Gasteiger partial charge in [-0.25, -0.2) is 0 Å². The topological polar surface area (TPSA) is 36.9 Å². The highest BCUT2D eigenvalue weighted by atomic mass is 16.7. The van der Waals surface area contributed by atoms with Gasteiger partial charge in [-0.05, 0) is 23.8 Å². The third-order valence-corrected chi connectivity index (χ3v) is 3.25. The lowest BCUT2D eigenvalue weighted by Gasteiger charge is -2.21. The highest BCUT2D eigenvalue weighted by Gasteiger charge is 2.19. The molecule has 19 heavy (non-hydrogen) atoms. The summed E-state index contributed by atoms with van der Waals surface area (Å²) in [7, 11) is 0. The van der Waals surface area contributed by atoms with Crippen LogP contribution in [0.5, 0.6) is 23.0 Å². The largest absolute Gasteiger partial charge is 0.486 e. The second-order valence-corrected chi connectivity index (χ2v) is 4.40. The van der Waals surface area contributed by atoms with E-state index in [9.17, 15) is 0 Å². The summed E-state index contributed by atoms with van der Waals surface area (Å²) in [4.78, 5) is 0. The van der Waals surface area contributed by atoms with Gasteiger partial charge in [-0.2, -0.15) is 0 Å². The molecule has 96 valence electrons. The minimum Gasteiger partial charge on any atom is -0.486 e. The third-order valence-electron chi connectivity index (χ3n) is 3.25. The van der Waals surface area contributed by atoms with Crippen LogP contribution in [0.3, 0.4) is 0 Å². The van der Waals surface area contributed by atoms with Gasteiger partial charge < -0.3 is 18.9 Å². The summed E-state index contributed by atoms with van der Waals surface area (Å²) in [6.45, 7) is 1.46. The van der Waals surface area contributed by atoms with E-state index in [1.165, 1.54) is 0 Å². The van der Waals surface area contributed by atoms with Gasteiger partial charge in [0.15, 0.2) is 23.0 Å². The molecule has 0 N–H and O–H groups in total. The lowest BCUT2D eigenvalue weighted by atomic mass is 10.0. The summed E-state index contributed by atoms with van der Waals surface area (Å²) in [5, 5.41) is 0. The highest BCUT2D eigenvalue weighted by molar-refractivity contribution is 5.76. The first kappa shape index (κ1) is 10.6. The van der Waals surface area contributed by atoms with E-state index < -0.39 is 0 Å². The summed E-state index contributed by atoms with van der Waals surface area (Å²) in [6.07, 6.45) is 0. The van der Waals surface area contributed by atoms with E-state index in [0.29, 0.717) is 13.2 Å². The van der Waals surface area contributed by atoms with Crippen molar-refractivity contribution in [2.45, 2.75) is 0 Å². The fourth-order valence-corrected chi connectivity index (χ4v) is 2.37.